The predicted octanol–water partition coefficient (Wildman–Crippen LogP) is 3.26. The molecule has 1 amide bonds. The molecule has 1 N–H and O–H groups in total. The minimum Gasteiger partial charge on any atom is -0.309 e. The average molecular weight is 413 g/mol. The van der Waals surface area contributed by atoms with Gasteiger partial charge in [0.2, 0.25) is 5.91 Å². The molecule has 2 aromatic carbocycles. The van der Waals surface area contributed by atoms with Gasteiger partial charge in [-0.15, -0.1) is 0 Å². The number of sulfonamides is 1. The molecule has 152 valence electrons. The topological polar surface area (TPSA) is 84.3 Å². The van der Waals surface area contributed by atoms with Crippen LogP contribution in [0.1, 0.15) is 17.5 Å². The normalized spacial score (nSPS) is 11.3. The van der Waals surface area contributed by atoms with Crippen molar-refractivity contribution in [1.29, 1.82) is 0 Å². The van der Waals surface area contributed by atoms with Gasteiger partial charge in [-0.05, 0) is 38.1 Å². The van der Waals surface area contributed by atoms with E-state index in [9.17, 15) is 13.2 Å². The monoisotopic (exact) mass is 412 g/mol. The maximum Gasteiger partial charge on any atom is 0.264 e. The number of nitrogens with one attached hydrogen (secondary N) is 1. The highest BCUT2D eigenvalue weighted by Crippen LogP contribution is 2.25. The minimum atomic E-state index is -3.81. The quantitative estimate of drug-likeness (QED) is 0.646. The lowest BCUT2D eigenvalue weighted by atomic mass is 10.2. The van der Waals surface area contributed by atoms with Crippen LogP contribution in [-0.4, -0.2) is 30.7 Å². The van der Waals surface area contributed by atoms with E-state index in [1.165, 1.54) is 4.31 Å². The summed E-state index contributed by atoms with van der Waals surface area (Å²) in [6.07, 6.45) is 1.71. The number of aryl methyl sites for hydroxylation is 3. The summed E-state index contributed by atoms with van der Waals surface area (Å²) in [7, 11) is -2.06. The summed E-state index contributed by atoms with van der Waals surface area (Å²) in [4.78, 5) is 12.5. The maximum absolute atomic E-state index is 13.3. The fourth-order valence-corrected chi connectivity index (χ4v) is 4.29. The summed E-state index contributed by atoms with van der Waals surface area (Å²) in [6, 6.07) is 15.6. The Hall–Kier alpha value is -3.13. The highest BCUT2D eigenvalue weighted by molar-refractivity contribution is 7.92. The minimum absolute atomic E-state index is 0.00442. The van der Waals surface area contributed by atoms with Crippen molar-refractivity contribution < 1.29 is 13.2 Å². The van der Waals surface area contributed by atoms with Gasteiger partial charge in [-0.2, -0.15) is 5.10 Å². The first-order chi connectivity index (χ1) is 13.8. The number of carbonyl (C=O) groups is 1. The maximum atomic E-state index is 13.3. The summed E-state index contributed by atoms with van der Waals surface area (Å²) in [5.41, 5.74) is 2.51. The molecular weight excluding hydrogens is 388 g/mol. The molecule has 0 saturated heterocycles. The van der Waals surface area contributed by atoms with Crippen LogP contribution >= 0.6 is 0 Å². The van der Waals surface area contributed by atoms with E-state index in [-0.39, 0.29) is 23.8 Å². The Bertz CT molecular complexity index is 1090. The fourth-order valence-electron chi connectivity index (χ4n) is 2.83. The van der Waals surface area contributed by atoms with Crippen LogP contribution in [0.2, 0.25) is 0 Å². The second-order valence-corrected chi connectivity index (χ2v) is 8.76. The van der Waals surface area contributed by atoms with E-state index in [0.717, 1.165) is 11.1 Å². The average Bonchev–Trinajstić information content (AvgIpc) is 3.08. The summed E-state index contributed by atoms with van der Waals surface area (Å²) in [5, 5.41) is 6.79. The molecule has 0 aliphatic heterocycles. The molecule has 29 heavy (non-hydrogen) atoms. The SMILES string of the molecule is Cc1ccc(N(CCC(=O)Nc2ccn(C)n2)S(=O)(=O)c2ccc(C)cc2)cc1. The molecule has 1 heterocycles. The van der Waals surface area contributed by atoms with Gasteiger partial charge in [0, 0.05) is 32.3 Å². The van der Waals surface area contributed by atoms with Gasteiger partial charge in [-0.25, -0.2) is 8.42 Å². The lowest BCUT2D eigenvalue weighted by Crippen LogP contribution is -2.34. The van der Waals surface area contributed by atoms with Crippen molar-refractivity contribution in [3.63, 3.8) is 0 Å². The van der Waals surface area contributed by atoms with E-state index in [1.54, 1.807) is 60.4 Å². The molecule has 0 atom stereocenters. The van der Waals surface area contributed by atoms with Crippen LogP contribution in [-0.2, 0) is 21.9 Å². The molecule has 0 aliphatic carbocycles. The summed E-state index contributed by atoms with van der Waals surface area (Å²) >= 11 is 0. The Kier molecular flexibility index (Phi) is 6.03. The van der Waals surface area contributed by atoms with Crippen LogP contribution in [0.5, 0.6) is 0 Å². The molecule has 8 heteroatoms. The molecular formula is C21H24N4O3S. The van der Waals surface area contributed by atoms with Gasteiger partial charge >= 0.3 is 0 Å². The highest BCUT2D eigenvalue weighted by atomic mass is 32.2. The summed E-state index contributed by atoms with van der Waals surface area (Å²) in [5.74, 6) is 0.126. The smallest absolute Gasteiger partial charge is 0.264 e. The first-order valence-electron chi connectivity index (χ1n) is 9.21. The van der Waals surface area contributed by atoms with Crippen molar-refractivity contribution in [1.82, 2.24) is 9.78 Å². The molecule has 0 radical (unpaired) electrons. The van der Waals surface area contributed by atoms with E-state index < -0.39 is 10.0 Å². The van der Waals surface area contributed by atoms with Crippen molar-refractivity contribution >= 4 is 27.4 Å². The van der Waals surface area contributed by atoms with Gasteiger partial charge in [0.15, 0.2) is 5.82 Å². The van der Waals surface area contributed by atoms with E-state index in [1.807, 2.05) is 26.0 Å². The molecule has 0 bridgehead atoms. The Morgan fingerprint density at radius 3 is 2.14 bits per heavy atom. The number of rotatable bonds is 7. The van der Waals surface area contributed by atoms with Crippen LogP contribution in [0.25, 0.3) is 0 Å². The standard InChI is InChI=1S/C21H24N4O3S/c1-16-4-8-18(9-5-16)25(29(27,28)19-10-6-17(2)7-11-19)15-13-21(26)22-20-12-14-24(3)23-20/h4-12,14H,13,15H2,1-3H3,(H,22,23,26). The van der Waals surface area contributed by atoms with E-state index >= 15 is 0 Å². The second kappa shape index (κ2) is 8.48. The number of nitrogens with zero attached hydrogens (tertiary/aromatic N) is 3. The number of hydrogen-bond acceptors (Lipinski definition) is 4. The summed E-state index contributed by atoms with van der Waals surface area (Å²) in [6.45, 7) is 3.84. The van der Waals surface area contributed by atoms with Crippen molar-refractivity contribution in [3.05, 3.63) is 71.9 Å². The van der Waals surface area contributed by atoms with Crippen LogP contribution in [0.3, 0.4) is 0 Å². The van der Waals surface area contributed by atoms with Gasteiger partial charge in [0.1, 0.15) is 0 Å². The number of benzene rings is 2. The Labute approximate surface area is 171 Å². The Balaban J connectivity index is 1.84. The molecule has 0 aliphatic rings. The van der Waals surface area contributed by atoms with Crippen LogP contribution in [0, 0.1) is 13.8 Å². The predicted molar refractivity (Wildman–Crippen MR) is 113 cm³/mol. The fraction of sp³-hybridized carbons (Fsp3) is 0.238. The zero-order chi connectivity index (χ0) is 21.0. The molecule has 3 aromatic rings. The molecule has 0 saturated carbocycles. The highest BCUT2D eigenvalue weighted by Gasteiger charge is 2.25. The largest absolute Gasteiger partial charge is 0.309 e. The van der Waals surface area contributed by atoms with E-state index in [4.69, 9.17) is 0 Å². The third kappa shape index (κ3) is 5.03. The number of amides is 1. The van der Waals surface area contributed by atoms with Crippen molar-refractivity contribution in [2.24, 2.45) is 7.05 Å². The van der Waals surface area contributed by atoms with Crippen molar-refractivity contribution in [2.75, 3.05) is 16.2 Å². The zero-order valence-corrected chi connectivity index (χ0v) is 17.5. The summed E-state index contributed by atoms with van der Waals surface area (Å²) < 4.78 is 29.4. The number of aromatic nitrogens is 2. The van der Waals surface area contributed by atoms with Crippen molar-refractivity contribution in [2.45, 2.75) is 25.2 Å². The van der Waals surface area contributed by atoms with E-state index in [2.05, 4.69) is 10.4 Å². The molecule has 0 spiro atoms. The molecule has 0 fully saturated rings. The van der Waals surface area contributed by atoms with Crippen LogP contribution < -0.4 is 9.62 Å². The van der Waals surface area contributed by atoms with E-state index in [0.29, 0.717) is 11.5 Å². The zero-order valence-electron chi connectivity index (χ0n) is 16.7. The first kappa shape index (κ1) is 20.6. The van der Waals surface area contributed by atoms with Gasteiger partial charge in [0.05, 0.1) is 10.6 Å². The van der Waals surface area contributed by atoms with Gasteiger partial charge in [0.25, 0.3) is 10.0 Å². The van der Waals surface area contributed by atoms with Gasteiger partial charge < -0.3 is 5.32 Å². The van der Waals surface area contributed by atoms with Gasteiger partial charge in [-0.3, -0.25) is 13.8 Å². The lowest BCUT2D eigenvalue weighted by Gasteiger charge is -2.24. The first-order valence-corrected chi connectivity index (χ1v) is 10.7. The van der Waals surface area contributed by atoms with Crippen LogP contribution in [0.4, 0.5) is 11.5 Å². The molecule has 3 rings (SSSR count). The number of hydrogen-bond donors (Lipinski definition) is 1. The number of carbonyl (C=O) groups excluding carboxylic acids is 1. The Morgan fingerprint density at radius 1 is 1.00 bits per heavy atom. The van der Waals surface area contributed by atoms with Crippen LogP contribution in [0.15, 0.2) is 65.7 Å². The molecule has 1 aromatic heterocycles. The third-order valence-corrected chi connectivity index (χ3v) is 6.30. The second-order valence-electron chi connectivity index (χ2n) is 6.90. The molecule has 0 unspecified atom stereocenters. The Morgan fingerprint density at radius 2 is 1.59 bits per heavy atom. The number of anilines is 2. The lowest BCUT2D eigenvalue weighted by molar-refractivity contribution is -0.116. The third-order valence-electron chi connectivity index (χ3n) is 4.45. The van der Waals surface area contributed by atoms with Crippen molar-refractivity contribution in [3.8, 4) is 0 Å². The van der Waals surface area contributed by atoms with Gasteiger partial charge in [-0.1, -0.05) is 35.4 Å². The molecule has 7 nitrogen and oxygen atoms in total.